The normalized spacial score (nSPS) is 32.5. The molecule has 1 saturated carbocycles. The van der Waals surface area contributed by atoms with Gasteiger partial charge in [-0.3, -0.25) is 4.79 Å². The SMILES string of the molecule is CC(C)c1ccc2c(c1)C(=O)C(O)[C@H]1[C@](C)(/C=N/OCCCN)CCC[C@]21C. The van der Waals surface area contributed by atoms with Gasteiger partial charge < -0.3 is 15.7 Å². The predicted molar refractivity (Wildman–Crippen MR) is 112 cm³/mol. The van der Waals surface area contributed by atoms with Crippen molar-refractivity contribution >= 4 is 12.0 Å². The second-order valence-electron chi connectivity index (χ2n) is 9.23. The Morgan fingerprint density at radius 3 is 2.79 bits per heavy atom. The van der Waals surface area contributed by atoms with Crippen molar-refractivity contribution in [3.8, 4) is 0 Å². The van der Waals surface area contributed by atoms with Crippen molar-refractivity contribution in [1.29, 1.82) is 0 Å². The van der Waals surface area contributed by atoms with Crippen LogP contribution in [0.5, 0.6) is 0 Å². The Labute approximate surface area is 168 Å². The maximum atomic E-state index is 13.2. The van der Waals surface area contributed by atoms with Gasteiger partial charge in [0.2, 0.25) is 0 Å². The Morgan fingerprint density at radius 2 is 2.11 bits per heavy atom. The average molecular weight is 387 g/mol. The number of Topliss-reactive ketones (excluding diaryl/α,β-unsaturated/α-hetero) is 1. The lowest BCUT2D eigenvalue weighted by Gasteiger charge is -2.55. The lowest BCUT2D eigenvalue weighted by Crippen LogP contribution is -2.58. The number of hydrogen-bond acceptors (Lipinski definition) is 5. The van der Waals surface area contributed by atoms with E-state index in [1.165, 1.54) is 0 Å². The molecule has 0 aromatic heterocycles. The second-order valence-corrected chi connectivity index (χ2v) is 9.23. The zero-order chi connectivity index (χ0) is 20.5. The van der Waals surface area contributed by atoms with Crippen LogP contribution in [0.2, 0.25) is 0 Å². The topological polar surface area (TPSA) is 84.9 Å². The number of carbonyl (C=O) groups excluding carboxylic acids is 1. The maximum absolute atomic E-state index is 13.2. The summed E-state index contributed by atoms with van der Waals surface area (Å²) in [5.74, 6) is -0.0405. The molecule has 0 saturated heterocycles. The predicted octanol–water partition coefficient (Wildman–Crippen LogP) is 3.78. The second kappa shape index (κ2) is 7.96. The van der Waals surface area contributed by atoms with Crippen molar-refractivity contribution < 1.29 is 14.7 Å². The molecule has 0 radical (unpaired) electrons. The third-order valence-corrected chi connectivity index (χ3v) is 6.85. The van der Waals surface area contributed by atoms with Crippen molar-refractivity contribution in [1.82, 2.24) is 0 Å². The van der Waals surface area contributed by atoms with Crippen molar-refractivity contribution in [3.05, 3.63) is 34.9 Å². The fourth-order valence-corrected chi connectivity index (χ4v) is 5.32. The molecule has 5 nitrogen and oxygen atoms in total. The minimum atomic E-state index is -1.03. The fourth-order valence-electron chi connectivity index (χ4n) is 5.32. The smallest absolute Gasteiger partial charge is 0.191 e. The average Bonchev–Trinajstić information content (AvgIpc) is 2.65. The number of ketones is 1. The van der Waals surface area contributed by atoms with Crippen LogP contribution in [-0.4, -0.2) is 36.4 Å². The van der Waals surface area contributed by atoms with Crippen LogP contribution >= 0.6 is 0 Å². The summed E-state index contributed by atoms with van der Waals surface area (Å²) in [4.78, 5) is 18.5. The first-order valence-corrected chi connectivity index (χ1v) is 10.5. The Morgan fingerprint density at radius 1 is 1.36 bits per heavy atom. The molecule has 154 valence electrons. The van der Waals surface area contributed by atoms with Crippen LogP contribution in [0.25, 0.3) is 0 Å². The first-order valence-electron chi connectivity index (χ1n) is 10.5. The number of nitrogens with zero attached hydrogens (tertiary/aromatic N) is 1. The number of aliphatic hydroxyl groups is 1. The third-order valence-electron chi connectivity index (χ3n) is 6.85. The van der Waals surface area contributed by atoms with E-state index in [0.717, 1.165) is 36.8 Å². The van der Waals surface area contributed by atoms with Gasteiger partial charge in [0, 0.05) is 16.9 Å². The molecule has 3 rings (SSSR count). The molecular formula is C23H34N2O3. The monoisotopic (exact) mass is 386 g/mol. The lowest BCUT2D eigenvalue weighted by molar-refractivity contribution is -0.0184. The van der Waals surface area contributed by atoms with Crippen LogP contribution in [0.3, 0.4) is 0 Å². The summed E-state index contributed by atoms with van der Waals surface area (Å²) in [5, 5.41) is 15.3. The number of fused-ring (bicyclic) bond motifs is 3. The molecule has 3 N–H and O–H groups in total. The van der Waals surface area contributed by atoms with E-state index in [1.807, 2.05) is 12.3 Å². The number of benzene rings is 1. The van der Waals surface area contributed by atoms with Gasteiger partial charge in [-0.1, -0.05) is 51.4 Å². The van der Waals surface area contributed by atoms with Crippen molar-refractivity contribution in [2.75, 3.05) is 13.2 Å². The van der Waals surface area contributed by atoms with Gasteiger partial charge in [-0.2, -0.15) is 0 Å². The van der Waals surface area contributed by atoms with Crippen LogP contribution in [0.1, 0.15) is 80.8 Å². The highest BCUT2D eigenvalue weighted by atomic mass is 16.6. The molecule has 0 amide bonds. The maximum Gasteiger partial charge on any atom is 0.191 e. The third kappa shape index (κ3) is 3.50. The highest BCUT2D eigenvalue weighted by Gasteiger charge is 2.57. The largest absolute Gasteiger partial charge is 0.396 e. The van der Waals surface area contributed by atoms with E-state index in [0.29, 0.717) is 24.6 Å². The van der Waals surface area contributed by atoms with Crippen molar-refractivity contribution in [2.24, 2.45) is 22.2 Å². The Hall–Kier alpha value is -1.72. The van der Waals surface area contributed by atoms with Crippen LogP contribution in [0, 0.1) is 11.3 Å². The molecule has 0 heterocycles. The molecule has 1 aromatic carbocycles. The van der Waals surface area contributed by atoms with Gasteiger partial charge in [0.15, 0.2) is 5.78 Å². The summed E-state index contributed by atoms with van der Waals surface area (Å²) in [6.07, 6.45) is 4.39. The number of carbonyl (C=O) groups is 1. The van der Waals surface area contributed by atoms with E-state index in [9.17, 15) is 9.90 Å². The summed E-state index contributed by atoms with van der Waals surface area (Å²) in [7, 11) is 0. The van der Waals surface area contributed by atoms with Gasteiger partial charge in [-0.05, 0) is 54.3 Å². The van der Waals surface area contributed by atoms with E-state index in [-0.39, 0.29) is 17.1 Å². The van der Waals surface area contributed by atoms with Gasteiger partial charge in [0.05, 0.1) is 6.21 Å². The minimum Gasteiger partial charge on any atom is -0.396 e. The Balaban J connectivity index is 2.00. The molecule has 2 aliphatic carbocycles. The molecule has 1 unspecified atom stereocenters. The number of nitrogens with two attached hydrogens (primary N) is 1. The van der Waals surface area contributed by atoms with E-state index in [2.05, 4.69) is 45.0 Å². The summed E-state index contributed by atoms with van der Waals surface area (Å²) >= 11 is 0. The molecule has 0 bridgehead atoms. The molecule has 5 heteroatoms. The van der Waals surface area contributed by atoms with Crippen molar-refractivity contribution in [3.63, 3.8) is 0 Å². The van der Waals surface area contributed by atoms with Crippen LogP contribution in [0.4, 0.5) is 0 Å². The Bertz CT molecular complexity index is 760. The first kappa shape index (κ1) is 21.0. The highest BCUT2D eigenvalue weighted by molar-refractivity contribution is 6.03. The quantitative estimate of drug-likeness (QED) is 0.443. The van der Waals surface area contributed by atoms with E-state index in [1.54, 1.807) is 0 Å². The van der Waals surface area contributed by atoms with E-state index < -0.39 is 11.5 Å². The van der Waals surface area contributed by atoms with Crippen LogP contribution in [-0.2, 0) is 10.3 Å². The van der Waals surface area contributed by atoms with E-state index in [4.69, 9.17) is 10.6 Å². The molecule has 4 atom stereocenters. The summed E-state index contributed by atoms with van der Waals surface area (Å²) in [6, 6.07) is 6.23. The minimum absolute atomic E-state index is 0.162. The number of hydrogen-bond donors (Lipinski definition) is 2. The highest BCUT2D eigenvalue weighted by Crippen LogP contribution is 2.56. The number of rotatable bonds is 6. The van der Waals surface area contributed by atoms with Gasteiger partial charge in [-0.15, -0.1) is 0 Å². The zero-order valence-electron chi connectivity index (χ0n) is 17.6. The van der Waals surface area contributed by atoms with E-state index >= 15 is 0 Å². The molecule has 0 aliphatic heterocycles. The molecule has 2 aliphatic rings. The zero-order valence-corrected chi connectivity index (χ0v) is 17.6. The van der Waals surface area contributed by atoms with Crippen molar-refractivity contribution in [2.45, 2.75) is 70.8 Å². The fraction of sp³-hybridized carbons (Fsp3) is 0.652. The van der Waals surface area contributed by atoms with Crippen LogP contribution < -0.4 is 5.73 Å². The summed E-state index contributed by atoms with van der Waals surface area (Å²) in [6.45, 7) is 9.57. The molecule has 0 spiro atoms. The molecule has 1 fully saturated rings. The summed E-state index contributed by atoms with van der Waals surface area (Å²) in [5.41, 5.74) is 7.71. The first-order chi connectivity index (χ1) is 13.2. The Kier molecular flexibility index (Phi) is 5.97. The van der Waals surface area contributed by atoms with Gasteiger partial charge in [-0.25, -0.2) is 0 Å². The molecular weight excluding hydrogens is 352 g/mol. The molecule has 28 heavy (non-hydrogen) atoms. The summed E-state index contributed by atoms with van der Waals surface area (Å²) < 4.78 is 0. The lowest BCUT2D eigenvalue weighted by atomic mass is 9.49. The van der Waals surface area contributed by atoms with Crippen LogP contribution in [0.15, 0.2) is 23.4 Å². The van der Waals surface area contributed by atoms with Gasteiger partial charge in [0.25, 0.3) is 0 Å². The van der Waals surface area contributed by atoms with Gasteiger partial charge in [0.1, 0.15) is 12.7 Å². The number of oxime groups is 1. The van der Waals surface area contributed by atoms with Gasteiger partial charge >= 0.3 is 0 Å². The standard InChI is InChI=1S/C23H34N2O3/c1-15(2)16-7-8-18-17(13-16)19(26)20(27)21-22(3,9-5-10-23(18,21)4)14-25-28-12-6-11-24/h7-8,13-15,20-21,27H,5-6,9-12,24H2,1-4H3/b25-14+/t20?,21-,22-,23+/m0/s1. The number of aliphatic hydroxyl groups excluding tert-OH is 1. The molecule has 1 aromatic rings.